The van der Waals surface area contributed by atoms with Crippen LogP contribution in [0.25, 0.3) is 0 Å². The molecule has 0 spiro atoms. The van der Waals surface area contributed by atoms with E-state index in [0.29, 0.717) is 12.2 Å². The molecule has 1 aromatic rings. The first-order chi connectivity index (χ1) is 7.10. The summed E-state index contributed by atoms with van der Waals surface area (Å²) in [6, 6.07) is -0.235. The molecule has 1 aromatic heterocycles. The lowest BCUT2D eigenvalue weighted by molar-refractivity contribution is 0.0670. The van der Waals surface area contributed by atoms with Gasteiger partial charge in [-0.1, -0.05) is 6.92 Å². The number of nitrogens with one attached hydrogen (secondary N) is 1. The van der Waals surface area contributed by atoms with Crippen LogP contribution in [0.2, 0.25) is 0 Å². The quantitative estimate of drug-likeness (QED) is 0.725. The molecule has 2 N–H and O–H groups in total. The number of aromatic amines is 1. The van der Waals surface area contributed by atoms with Gasteiger partial charge in [-0.25, -0.2) is 4.98 Å². The molecule has 1 amide bonds. The molecule has 0 saturated heterocycles. The number of aliphatic hydroxyl groups is 1. The predicted octanol–water partition coefficient (Wildman–Crippen LogP) is -0.180. The molecule has 0 bridgehead atoms. The molecule has 0 aliphatic heterocycles. The van der Waals surface area contributed by atoms with Crippen LogP contribution in [0.15, 0.2) is 0 Å². The molecule has 1 atom stereocenters. The maximum Gasteiger partial charge on any atom is 0.293 e. The Hall–Kier alpha value is -1.43. The van der Waals surface area contributed by atoms with Gasteiger partial charge in [-0.05, 0) is 6.92 Å². The van der Waals surface area contributed by atoms with Gasteiger partial charge in [-0.15, -0.1) is 5.10 Å². The maximum atomic E-state index is 11.7. The minimum Gasteiger partial charge on any atom is -0.394 e. The van der Waals surface area contributed by atoms with Gasteiger partial charge >= 0.3 is 0 Å². The first-order valence-corrected chi connectivity index (χ1v) is 4.89. The second-order valence-corrected chi connectivity index (χ2v) is 3.41. The molecular weight excluding hydrogens is 196 g/mol. The van der Waals surface area contributed by atoms with Crippen LogP contribution in [0, 0.1) is 0 Å². The molecular formula is C9H16N4O2. The number of aromatic nitrogens is 3. The van der Waals surface area contributed by atoms with E-state index in [0.717, 1.165) is 0 Å². The molecule has 0 aliphatic carbocycles. The fraction of sp³-hybridized carbons (Fsp3) is 0.667. The van der Waals surface area contributed by atoms with Crippen LogP contribution < -0.4 is 0 Å². The molecule has 0 aliphatic rings. The van der Waals surface area contributed by atoms with E-state index in [1.165, 1.54) is 4.90 Å². The van der Waals surface area contributed by atoms with Gasteiger partial charge in [0, 0.05) is 13.5 Å². The van der Waals surface area contributed by atoms with Gasteiger partial charge in [-0.2, -0.15) is 0 Å². The molecule has 84 valence electrons. The summed E-state index contributed by atoms with van der Waals surface area (Å²) in [5.74, 6) is 0.547. The fourth-order valence-electron chi connectivity index (χ4n) is 1.03. The van der Waals surface area contributed by atoms with E-state index in [1.807, 2.05) is 6.92 Å². The lowest BCUT2D eigenvalue weighted by Crippen LogP contribution is -2.37. The second-order valence-electron chi connectivity index (χ2n) is 3.41. The van der Waals surface area contributed by atoms with Crippen LogP contribution in [0.1, 0.15) is 30.3 Å². The smallest absolute Gasteiger partial charge is 0.293 e. The van der Waals surface area contributed by atoms with Crippen LogP contribution in [-0.2, 0) is 6.42 Å². The highest BCUT2D eigenvalue weighted by atomic mass is 16.3. The van der Waals surface area contributed by atoms with Gasteiger partial charge < -0.3 is 10.0 Å². The summed E-state index contributed by atoms with van der Waals surface area (Å²) >= 11 is 0. The summed E-state index contributed by atoms with van der Waals surface area (Å²) in [7, 11) is 1.62. The molecule has 6 nitrogen and oxygen atoms in total. The number of rotatable bonds is 4. The molecule has 15 heavy (non-hydrogen) atoms. The Morgan fingerprint density at radius 3 is 2.80 bits per heavy atom. The number of carbonyl (C=O) groups is 1. The summed E-state index contributed by atoms with van der Waals surface area (Å²) in [4.78, 5) is 17.2. The number of carbonyl (C=O) groups excluding carboxylic acids is 1. The minimum atomic E-state index is -0.285. The molecule has 1 heterocycles. The third-order valence-electron chi connectivity index (χ3n) is 2.30. The van der Waals surface area contributed by atoms with Crippen LogP contribution >= 0.6 is 0 Å². The Labute approximate surface area is 88.3 Å². The number of likely N-dealkylation sites (N-methyl/N-ethyl adjacent to an activating group) is 1. The van der Waals surface area contributed by atoms with E-state index in [-0.39, 0.29) is 24.4 Å². The molecule has 0 saturated carbocycles. The van der Waals surface area contributed by atoms with Crippen LogP contribution in [0.4, 0.5) is 0 Å². The van der Waals surface area contributed by atoms with E-state index in [9.17, 15) is 4.79 Å². The summed E-state index contributed by atoms with van der Waals surface area (Å²) < 4.78 is 0. The topological polar surface area (TPSA) is 82.1 Å². The van der Waals surface area contributed by atoms with Crippen molar-refractivity contribution in [3.63, 3.8) is 0 Å². The highest BCUT2D eigenvalue weighted by Gasteiger charge is 2.20. The van der Waals surface area contributed by atoms with Crippen molar-refractivity contribution in [2.45, 2.75) is 26.3 Å². The van der Waals surface area contributed by atoms with Crippen molar-refractivity contribution >= 4 is 5.91 Å². The normalized spacial score (nSPS) is 12.5. The van der Waals surface area contributed by atoms with Gasteiger partial charge in [0.05, 0.1) is 12.6 Å². The number of aliphatic hydroxyl groups excluding tert-OH is 1. The molecule has 1 unspecified atom stereocenters. The summed E-state index contributed by atoms with van der Waals surface area (Å²) in [6.07, 6.45) is 0.708. The Balaban J connectivity index is 2.75. The number of H-pyrrole nitrogens is 1. The van der Waals surface area contributed by atoms with Crippen molar-refractivity contribution in [2.24, 2.45) is 0 Å². The van der Waals surface area contributed by atoms with Crippen molar-refractivity contribution in [1.29, 1.82) is 0 Å². The van der Waals surface area contributed by atoms with Crippen LogP contribution in [-0.4, -0.2) is 50.8 Å². The molecule has 1 rings (SSSR count). The zero-order valence-corrected chi connectivity index (χ0v) is 9.19. The van der Waals surface area contributed by atoms with Gasteiger partial charge in [0.1, 0.15) is 5.82 Å². The summed E-state index contributed by atoms with van der Waals surface area (Å²) in [6.45, 7) is 3.60. The number of hydrogen-bond acceptors (Lipinski definition) is 4. The van der Waals surface area contributed by atoms with Crippen molar-refractivity contribution in [2.75, 3.05) is 13.7 Å². The first-order valence-electron chi connectivity index (χ1n) is 4.89. The van der Waals surface area contributed by atoms with E-state index in [4.69, 9.17) is 5.11 Å². The Morgan fingerprint density at radius 1 is 1.67 bits per heavy atom. The molecule has 0 radical (unpaired) electrons. The van der Waals surface area contributed by atoms with E-state index in [1.54, 1.807) is 14.0 Å². The standard InChI is InChI=1S/C9H16N4O2/c1-4-7-10-8(12-11-7)9(15)13(3)6(2)5-14/h6,14H,4-5H2,1-3H3,(H,10,11,12). The van der Waals surface area contributed by atoms with Crippen LogP contribution in [0.3, 0.4) is 0 Å². The average molecular weight is 212 g/mol. The van der Waals surface area contributed by atoms with E-state index in [2.05, 4.69) is 15.2 Å². The first kappa shape index (κ1) is 11.6. The Bertz CT molecular complexity index is 337. The minimum absolute atomic E-state index is 0.0761. The molecule has 6 heteroatoms. The maximum absolute atomic E-state index is 11.7. The molecule has 0 fully saturated rings. The van der Waals surface area contributed by atoms with Crippen LogP contribution in [0.5, 0.6) is 0 Å². The summed E-state index contributed by atoms with van der Waals surface area (Å²) in [5, 5.41) is 15.4. The highest BCUT2D eigenvalue weighted by Crippen LogP contribution is 2.02. The van der Waals surface area contributed by atoms with Crippen molar-refractivity contribution in [3.8, 4) is 0 Å². The van der Waals surface area contributed by atoms with E-state index >= 15 is 0 Å². The number of nitrogens with zero attached hydrogens (tertiary/aromatic N) is 3. The highest BCUT2D eigenvalue weighted by molar-refractivity contribution is 5.90. The zero-order chi connectivity index (χ0) is 11.4. The fourth-order valence-corrected chi connectivity index (χ4v) is 1.03. The second kappa shape index (κ2) is 4.88. The van der Waals surface area contributed by atoms with Crippen molar-refractivity contribution < 1.29 is 9.90 Å². The zero-order valence-electron chi connectivity index (χ0n) is 9.19. The number of amides is 1. The average Bonchev–Trinajstić information content (AvgIpc) is 2.74. The molecule has 0 aromatic carbocycles. The number of hydrogen-bond donors (Lipinski definition) is 2. The van der Waals surface area contributed by atoms with Gasteiger partial charge in [0.25, 0.3) is 5.91 Å². The van der Waals surface area contributed by atoms with Crippen molar-refractivity contribution in [1.82, 2.24) is 20.1 Å². The predicted molar refractivity (Wildman–Crippen MR) is 54.4 cm³/mol. The third kappa shape index (κ3) is 2.53. The lowest BCUT2D eigenvalue weighted by Gasteiger charge is -2.21. The lowest BCUT2D eigenvalue weighted by atomic mass is 10.3. The largest absolute Gasteiger partial charge is 0.394 e. The summed E-state index contributed by atoms with van der Waals surface area (Å²) in [5.41, 5.74) is 0. The third-order valence-corrected chi connectivity index (χ3v) is 2.30. The SMILES string of the molecule is CCc1nc(C(=O)N(C)C(C)CO)n[nH]1. The number of aryl methyl sites for hydroxylation is 1. The Kier molecular flexibility index (Phi) is 3.79. The van der Waals surface area contributed by atoms with Crippen molar-refractivity contribution in [3.05, 3.63) is 11.6 Å². The Morgan fingerprint density at radius 2 is 2.33 bits per heavy atom. The van der Waals surface area contributed by atoms with Gasteiger partial charge in [0.15, 0.2) is 0 Å². The van der Waals surface area contributed by atoms with Gasteiger partial charge in [-0.3, -0.25) is 9.89 Å². The monoisotopic (exact) mass is 212 g/mol. The van der Waals surface area contributed by atoms with Gasteiger partial charge in [0.2, 0.25) is 5.82 Å². The van der Waals surface area contributed by atoms with E-state index < -0.39 is 0 Å².